The molecule has 0 radical (unpaired) electrons. The maximum Gasteiger partial charge on any atom is 0.192 e. The van der Waals surface area contributed by atoms with Gasteiger partial charge in [-0.1, -0.05) is 32.0 Å². The van der Waals surface area contributed by atoms with Crippen LogP contribution in [0.25, 0.3) is 0 Å². The zero-order valence-electron chi connectivity index (χ0n) is 8.16. The van der Waals surface area contributed by atoms with Gasteiger partial charge in [0.15, 0.2) is 8.46 Å². The summed E-state index contributed by atoms with van der Waals surface area (Å²) in [4.78, 5) is 0. The van der Waals surface area contributed by atoms with Gasteiger partial charge in [-0.25, -0.2) is 0 Å². The summed E-state index contributed by atoms with van der Waals surface area (Å²) in [5.74, 6) is 0. The summed E-state index contributed by atoms with van der Waals surface area (Å²) in [7, 11) is 0.0994. The molecule has 0 aromatic heterocycles. The van der Waals surface area contributed by atoms with Crippen LogP contribution in [0.3, 0.4) is 0 Å². The lowest BCUT2D eigenvalue weighted by atomic mass is 10.4. The van der Waals surface area contributed by atoms with Crippen LogP contribution < -0.4 is 10.6 Å². The van der Waals surface area contributed by atoms with Crippen molar-refractivity contribution in [1.29, 1.82) is 0 Å². The van der Waals surface area contributed by atoms with E-state index in [2.05, 4.69) is 19.2 Å². The van der Waals surface area contributed by atoms with Gasteiger partial charge in [-0.3, -0.25) is 4.57 Å². The Balaban J connectivity index is 0.000000252. The first kappa shape index (κ1) is 12.3. The molecule has 0 fully saturated rings. The molecule has 1 N–H and O–H groups in total. The lowest BCUT2D eigenvalue weighted by Crippen LogP contribution is -2.09. The Morgan fingerprint density at radius 3 is 1.92 bits per heavy atom. The number of benzene rings is 1. The van der Waals surface area contributed by atoms with Crippen LogP contribution in [0.4, 0.5) is 0 Å². The fraction of sp³-hybridized carbons (Fsp3) is 0.400. The standard InChI is InChI=1S/C6H5OP.C4H11N/c7-8-6-4-2-1-3-5-6;1-3-5-4-2/h1-5H;5H,3-4H2,1-2H3. The molecule has 1 aromatic carbocycles. The maximum absolute atomic E-state index is 10.1. The van der Waals surface area contributed by atoms with Gasteiger partial charge in [0, 0.05) is 5.30 Å². The molecule has 13 heavy (non-hydrogen) atoms. The Morgan fingerprint density at radius 1 is 1.15 bits per heavy atom. The Labute approximate surface area is 81.6 Å². The molecule has 0 amide bonds. The Kier molecular flexibility index (Phi) is 8.85. The van der Waals surface area contributed by atoms with Crippen LogP contribution in [0.5, 0.6) is 0 Å². The minimum atomic E-state index is 0.0994. The molecule has 0 bridgehead atoms. The van der Waals surface area contributed by atoms with Crippen molar-refractivity contribution >= 4 is 13.8 Å². The fourth-order valence-corrected chi connectivity index (χ4v) is 1.03. The van der Waals surface area contributed by atoms with E-state index in [-0.39, 0.29) is 8.46 Å². The fourth-order valence-electron chi connectivity index (χ4n) is 0.739. The largest absolute Gasteiger partial charge is 0.317 e. The van der Waals surface area contributed by atoms with Gasteiger partial charge in [0.25, 0.3) is 0 Å². The van der Waals surface area contributed by atoms with Crippen LogP contribution >= 0.6 is 8.46 Å². The van der Waals surface area contributed by atoms with E-state index in [1.807, 2.05) is 30.3 Å². The second-order valence-electron chi connectivity index (χ2n) is 2.38. The first-order chi connectivity index (χ1) is 6.35. The van der Waals surface area contributed by atoms with Crippen molar-refractivity contribution in [2.24, 2.45) is 0 Å². The highest BCUT2D eigenvalue weighted by molar-refractivity contribution is 7.34. The second kappa shape index (κ2) is 9.37. The van der Waals surface area contributed by atoms with Gasteiger partial charge in [0.05, 0.1) is 0 Å². The van der Waals surface area contributed by atoms with Crippen molar-refractivity contribution in [3.8, 4) is 0 Å². The van der Waals surface area contributed by atoms with Gasteiger partial charge in [-0.2, -0.15) is 0 Å². The lowest BCUT2D eigenvalue weighted by molar-refractivity contribution is 0.603. The maximum atomic E-state index is 10.1. The van der Waals surface area contributed by atoms with E-state index in [0.717, 1.165) is 18.4 Å². The summed E-state index contributed by atoms with van der Waals surface area (Å²) in [6.45, 7) is 6.39. The number of rotatable bonds is 3. The predicted molar refractivity (Wildman–Crippen MR) is 57.9 cm³/mol. The first-order valence-corrected chi connectivity index (χ1v) is 5.25. The summed E-state index contributed by atoms with van der Waals surface area (Å²) in [5, 5.41) is 3.94. The van der Waals surface area contributed by atoms with E-state index in [0.29, 0.717) is 0 Å². The summed E-state index contributed by atoms with van der Waals surface area (Å²) in [6.07, 6.45) is 0. The number of hydrogen-bond acceptors (Lipinski definition) is 2. The minimum Gasteiger partial charge on any atom is -0.317 e. The molecule has 3 heteroatoms. The third-order valence-electron chi connectivity index (χ3n) is 1.36. The molecule has 0 aliphatic rings. The molecule has 0 atom stereocenters. The second-order valence-corrected chi connectivity index (χ2v) is 3.08. The lowest BCUT2D eigenvalue weighted by Gasteiger charge is -1.86. The molecular weight excluding hydrogens is 181 g/mol. The summed E-state index contributed by atoms with van der Waals surface area (Å²) in [6, 6.07) is 9.25. The van der Waals surface area contributed by atoms with Crippen molar-refractivity contribution in [3.63, 3.8) is 0 Å². The molecule has 0 spiro atoms. The third-order valence-corrected chi connectivity index (χ3v) is 1.87. The van der Waals surface area contributed by atoms with Gasteiger partial charge in [-0.05, 0) is 25.2 Å². The predicted octanol–water partition coefficient (Wildman–Crippen LogP) is 2.22. The third kappa shape index (κ3) is 7.63. The van der Waals surface area contributed by atoms with Crippen molar-refractivity contribution in [1.82, 2.24) is 5.32 Å². The van der Waals surface area contributed by atoms with Gasteiger partial charge in [0.1, 0.15) is 0 Å². The highest BCUT2D eigenvalue weighted by atomic mass is 31.1. The Morgan fingerprint density at radius 2 is 1.69 bits per heavy atom. The van der Waals surface area contributed by atoms with Gasteiger partial charge in [-0.15, -0.1) is 0 Å². The molecule has 0 unspecified atom stereocenters. The van der Waals surface area contributed by atoms with Crippen LogP contribution in [0.15, 0.2) is 30.3 Å². The zero-order valence-corrected chi connectivity index (χ0v) is 9.05. The molecular formula is C10H16NOP. The van der Waals surface area contributed by atoms with Crippen molar-refractivity contribution in [2.45, 2.75) is 13.8 Å². The van der Waals surface area contributed by atoms with Crippen molar-refractivity contribution < 1.29 is 4.57 Å². The summed E-state index contributed by atoms with van der Waals surface area (Å²) < 4.78 is 10.1. The molecule has 0 heterocycles. The van der Waals surface area contributed by atoms with Crippen LogP contribution in [-0.4, -0.2) is 13.1 Å². The van der Waals surface area contributed by atoms with Crippen molar-refractivity contribution in [2.75, 3.05) is 13.1 Å². The average molecular weight is 197 g/mol. The Bertz CT molecular complexity index is 211. The van der Waals surface area contributed by atoms with Gasteiger partial charge >= 0.3 is 0 Å². The molecule has 1 rings (SSSR count). The molecule has 0 aliphatic carbocycles. The van der Waals surface area contributed by atoms with E-state index in [4.69, 9.17) is 0 Å². The SMILES string of the molecule is CCNCC.O=Pc1ccccc1. The molecule has 72 valence electrons. The number of hydrogen-bond donors (Lipinski definition) is 1. The van der Waals surface area contributed by atoms with Crippen LogP contribution in [-0.2, 0) is 4.57 Å². The highest BCUT2D eigenvalue weighted by Crippen LogP contribution is 1.92. The van der Waals surface area contributed by atoms with E-state index in [9.17, 15) is 4.57 Å². The molecule has 1 aromatic rings. The summed E-state index contributed by atoms with van der Waals surface area (Å²) >= 11 is 0. The van der Waals surface area contributed by atoms with E-state index >= 15 is 0 Å². The average Bonchev–Trinajstić information content (AvgIpc) is 2.21. The molecule has 0 aliphatic heterocycles. The monoisotopic (exact) mass is 197 g/mol. The zero-order chi connectivity index (χ0) is 9.94. The van der Waals surface area contributed by atoms with Crippen LogP contribution in [0, 0.1) is 0 Å². The topological polar surface area (TPSA) is 29.1 Å². The minimum absolute atomic E-state index is 0.0994. The van der Waals surface area contributed by atoms with Crippen LogP contribution in [0.1, 0.15) is 13.8 Å². The highest BCUT2D eigenvalue weighted by Gasteiger charge is 1.81. The quantitative estimate of drug-likeness (QED) is 0.753. The summed E-state index contributed by atoms with van der Waals surface area (Å²) in [5.41, 5.74) is 0. The molecule has 0 saturated carbocycles. The Hall–Kier alpha value is -0.720. The van der Waals surface area contributed by atoms with Crippen molar-refractivity contribution in [3.05, 3.63) is 30.3 Å². The van der Waals surface area contributed by atoms with E-state index in [1.54, 1.807) is 0 Å². The normalized spacial score (nSPS) is 9.08. The van der Waals surface area contributed by atoms with Gasteiger partial charge < -0.3 is 5.32 Å². The first-order valence-electron chi connectivity index (χ1n) is 4.44. The van der Waals surface area contributed by atoms with Gasteiger partial charge in [0.2, 0.25) is 0 Å². The molecule has 0 saturated heterocycles. The van der Waals surface area contributed by atoms with Crippen LogP contribution in [0.2, 0.25) is 0 Å². The number of nitrogens with one attached hydrogen (secondary N) is 1. The smallest absolute Gasteiger partial charge is 0.192 e. The van der Waals surface area contributed by atoms with E-state index in [1.165, 1.54) is 0 Å². The molecule has 2 nitrogen and oxygen atoms in total. The van der Waals surface area contributed by atoms with E-state index < -0.39 is 0 Å².